The van der Waals surface area contributed by atoms with Gasteiger partial charge in [-0.15, -0.1) is 10.2 Å². The molecule has 0 bridgehead atoms. The summed E-state index contributed by atoms with van der Waals surface area (Å²) in [5.74, 6) is 1.49. The lowest BCUT2D eigenvalue weighted by atomic mass is 10.2. The minimum atomic E-state index is 0.168. The van der Waals surface area contributed by atoms with Crippen LogP contribution in [0.3, 0.4) is 0 Å². The van der Waals surface area contributed by atoms with Gasteiger partial charge in [0.2, 0.25) is 17.7 Å². The minimum absolute atomic E-state index is 0.168. The van der Waals surface area contributed by atoms with Crippen LogP contribution in [0.1, 0.15) is 18.7 Å². The van der Waals surface area contributed by atoms with E-state index in [2.05, 4.69) is 20.8 Å². The molecule has 1 saturated carbocycles. The fraction of sp³-hybridized carbons (Fsp3) is 0.400. The summed E-state index contributed by atoms with van der Waals surface area (Å²) in [4.78, 5) is 11.4. The maximum atomic E-state index is 11.4. The Labute approximate surface area is 123 Å². The number of hydrogen-bond acceptors (Lipinski definition) is 5. The normalized spacial score (nSPS) is 14.1. The highest BCUT2D eigenvalue weighted by Crippen LogP contribution is 2.28. The van der Waals surface area contributed by atoms with Gasteiger partial charge in [-0.25, -0.2) is 0 Å². The highest BCUT2D eigenvalue weighted by Gasteiger charge is 2.28. The van der Waals surface area contributed by atoms with Crippen molar-refractivity contribution < 1.29 is 9.21 Å². The van der Waals surface area contributed by atoms with Crippen LogP contribution in [-0.2, 0) is 11.3 Å². The van der Waals surface area contributed by atoms with Crippen LogP contribution in [0.25, 0.3) is 11.5 Å². The third-order valence-corrected chi connectivity index (χ3v) is 3.31. The maximum Gasteiger partial charge on any atom is 0.247 e. The quantitative estimate of drug-likeness (QED) is 0.751. The summed E-state index contributed by atoms with van der Waals surface area (Å²) in [5, 5.41) is 14.1. The van der Waals surface area contributed by atoms with E-state index >= 15 is 0 Å². The molecular weight excluding hydrogens is 268 g/mol. The van der Waals surface area contributed by atoms with Crippen LogP contribution in [0.5, 0.6) is 0 Å². The van der Waals surface area contributed by atoms with Gasteiger partial charge < -0.3 is 15.1 Å². The van der Waals surface area contributed by atoms with Crippen LogP contribution < -0.4 is 10.6 Å². The van der Waals surface area contributed by atoms with Gasteiger partial charge in [0.05, 0.1) is 6.54 Å². The second kappa shape index (κ2) is 6.49. The van der Waals surface area contributed by atoms with Gasteiger partial charge in [0.1, 0.15) is 0 Å². The van der Waals surface area contributed by atoms with Crippen LogP contribution in [-0.4, -0.2) is 29.2 Å². The van der Waals surface area contributed by atoms with Gasteiger partial charge in [0, 0.05) is 24.6 Å². The summed E-state index contributed by atoms with van der Waals surface area (Å²) in [7, 11) is 0. The zero-order valence-corrected chi connectivity index (χ0v) is 11.7. The molecule has 21 heavy (non-hydrogen) atoms. The van der Waals surface area contributed by atoms with Crippen LogP contribution in [0.4, 0.5) is 0 Å². The highest BCUT2D eigenvalue weighted by atomic mass is 16.4. The molecule has 1 aliphatic carbocycles. The first-order chi connectivity index (χ1) is 10.3. The lowest BCUT2D eigenvalue weighted by Gasteiger charge is -2.04. The molecule has 6 nitrogen and oxygen atoms in total. The molecule has 2 aromatic rings. The molecule has 1 aromatic heterocycles. The molecule has 2 N–H and O–H groups in total. The molecular formula is C15H18N4O2. The smallest absolute Gasteiger partial charge is 0.247 e. The van der Waals surface area contributed by atoms with Crippen molar-refractivity contribution >= 4 is 5.91 Å². The number of carbonyl (C=O) groups is 1. The van der Waals surface area contributed by atoms with Crippen molar-refractivity contribution in [2.24, 2.45) is 5.92 Å². The highest BCUT2D eigenvalue weighted by molar-refractivity contribution is 5.80. The fourth-order valence-electron chi connectivity index (χ4n) is 1.98. The molecule has 3 rings (SSSR count). The van der Waals surface area contributed by atoms with Crippen molar-refractivity contribution in [1.82, 2.24) is 20.8 Å². The third-order valence-electron chi connectivity index (χ3n) is 3.31. The number of aromatic nitrogens is 2. The summed E-state index contributed by atoms with van der Waals surface area (Å²) in [5.41, 5.74) is 0.910. The molecule has 1 amide bonds. The fourth-order valence-corrected chi connectivity index (χ4v) is 1.98. The van der Waals surface area contributed by atoms with E-state index in [9.17, 15) is 4.79 Å². The van der Waals surface area contributed by atoms with Crippen LogP contribution in [0, 0.1) is 5.92 Å². The van der Waals surface area contributed by atoms with Gasteiger partial charge in [-0.3, -0.25) is 4.79 Å². The van der Waals surface area contributed by atoms with Gasteiger partial charge in [-0.2, -0.15) is 0 Å². The largest absolute Gasteiger partial charge is 0.419 e. The Hall–Kier alpha value is -2.21. The minimum Gasteiger partial charge on any atom is -0.419 e. The van der Waals surface area contributed by atoms with Crippen LogP contribution >= 0.6 is 0 Å². The first kappa shape index (κ1) is 13.8. The Kier molecular flexibility index (Phi) is 4.25. The van der Waals surface area contributed by atoms with Crippen molar-refractivity contribution in [3.05, 3.63) is 36.2 Å². The van der Waals surface area contributed by atoms with Crippen LogP contribution in [0.15, 0.2) is 34.7 Å². The lowest BCUT2D eigenvalue weighted by Crippen LogP contribution is -2.32. The zero-order valence-electron chi connectivity index (χ0n) is 11.7. The second-order valence-corrected chi connectivity index (χ2v) is 5.11. The first-order valence-electron chi connectivity index (χ1n) is 7.19. The molecule has 0 unspecified atom stereocenters. The Balaban J connectivity index is 1.39. The molecule has 1 aromatic carbocycles. The van der Waals surface area contributed by atoms with Crippen molar-refractivity contribution in [3.8, 4) is 11.5 Å². The maximum absolute atomic E-state index is 11.4. The Morgan fingerprint density at radius 1 is 1.19 bits per heavy atom. The predicted molar refractivity (Wildman–Crippen MR) is 77.2 cm³/mol. The third kappa shape index (κ3) is 3.88. The van der Waals surface area contributed by atoms with Crippen molar-refractivity contribution in [3.63, 3.8) is 0 Å². The topological polar surface area (TPSA) is 80.0 Å². The van der Waals surface area contributed by atoms with Gasteiger partial charge in [0.15, 0.2) is 0 Å². The number of nitrogens with one attached hydrogen (secondary N) is 2. The van der Waals surface area contributed by atoms with Gasteiger partial charge >= 0.3 is 0 Å². The molecule has 0 aliphatic heterocycles. The molecule has 0 saturated heterocycles. The Bertz CT molecular complexity index is 593. The summed E-state index contributed by atoms with van der Waals surface area (Å²) in [6.07, 6.45) is 2.06. The van der Waals surface area contributed by atoms with Crippen LogP contribution in [0.2, 0.25) is 0 Å². The van der Waals surface area contributed by atoms with Crippen molar-refractivity contribution in [1.29, 1.82) is 0 Å². The number of carbonyl (C=O) groups excluding carboxylic acids is 1. The van der Waals surface area contributed by atoms with Gasteiger partial charge in [0.25, 0.3) is 0 Å². The SMILES string of the molecule is O=C(NCCNCc1nnc(-c2ccccc2)o1)C1CC1. The molecule has 0 atom stereocenters. The Morgan fingerprint density at radius 3 is 2.76 bits per heavy atom. The standard InChI is InChI=1S/C15H18N4O2/c20-14(11-6-7-11)17-9-8-16-10-13-18-19-15(21-13)12-4-2-1-3-5-12/h1-5,11,16H,6-10H2,(H,17,20). The van der Waals surface area contributed by atoms with Gasteiger partial charge in [-0.05, 0) is 25.0 Å². The second-order valence-electron chi connectivity index (χ2n) is 5.11. The van der Waals surface area contributed by atoms with E-state index in [0.717, 1.165) is 18.4 Å². The summed E-state index contributed by atoms with van der Waals surface area (Å²) in [6.45, 7) is 1.80. The lowest BCUT2D eigenvalue weighted by molar-refractivity contribution is -0.122. The average molecular weight is 286 g/mol. The molecule has 1 heterocycles. The van der Waals surface area contributed by atoms with E-state index in [0.29, 0.717) is 31.4 Å². The van der Waals surface area contributed by atoms with E-state index in [4.69, 9.17) is 4.42 Å². The van der Waals surface area contributed by atoms with E-state index in [1.165, 1.54) is 0 Å². The number of nitrogens with zero attached hydrogens (tertiary/aromatic N) is 2. The molecule has 110 valence electrons. The van der Waals surface area contributed by atoms with E-state index in [1.54, 1.807) is 0 Å². The van der Waals surface area contributed by atoms with Crippen molar-refractivity contribution in [2.75, 3.05) is 13.1 Å². The monoisotopic (exact) mass is 286 g/mol. The number of hydrogen-bond donors (Lipinski definition) is 2. The predicted octanol–water partition coefficient (Wildman–Crippen LogP) is 1.35. The molecule has 1 fully saturated rings. The number of benzene rings is 1. The summed E-state index contributed by atoms with van der Waals surface area (Å²) in [6, 6.07) is 9.66. The van der Waals surface area contributed by atoms with E-state index < -0.39 is 0 Å². The molecule has 0 spiro atoms. The average Bonchev–Trinajstić information content (AvgIpc) is 3.27. The summed E-state index contributed by atoms with van der Waals surface area (Å²) < 4.78 is 5.57. The Morgan fingerprint density at radius 2 is 2.00 bits per heavy atom. The van der Waals surface area contributed by atoms with E-state index in [-0.39, 0.29) is 11.8 Å². The molecule has 6 heteroatoms. The summed E-state index contributed by atoms with van der Waals surface area (Å²) >= 11 is 0. The van der Waals surface area contributed by atoms with Crippen molar-refractivity contribution in [2.45, 2.75) is 19.4 Å². The first-order valence-corrected chi connectivity index (χ1v) is 7.19. The molecule has 1 aliphatic rings. The van der Waals surface area contributed by atoms with E-state index in [1.807, 2.05) is 30.3 Å². The number of rotatable bonds is 7. The van der Waals surface area contributed by atoms with Gasteiger partial charge in [-0.1, -0.05) is 18.2 Å². The molecule has 0 radical (unpaired) electrons. The number of amides is 1. The zero-order chi connectivity index (χ0) is 14.5.